The molecule has 0 aromatic heterocycles. The van der Waals surface area contributed by atoms with E-state index in [1.54, 1.807) is 0 Å². The molecule has 1 aromatic rings. The molecular weight excluding hydrogens is 316 g/mol. The minimum absolute atomic E-state index is 0.390. The van der Waals surface area contributed by atoms with Gasteiger partial charge in [-0.1, -0.05) is 34.1 Å². The van der Waals surface area contributed by atoms with Crippen LogP contribution in [0.5, 0.6) is 0 Å². The molecule has 1 aliphatic rings. The van der Waals surface area contributed by atoms with Crippen LogP contribution < -0.4 is 0 Å². The Morgan fingerprint density at radius 3 is 2.85 bits per heavy atom. The minimum Gasteiger partial charge on any atom is -0.388 e. The number of hydrogen-bond donors (Lipinski definition) is 1. The molecule has 1 aromatic carbocycles. The minimum atomic E-state index is -0.390. The summed E-state index contributed by atoms with van der Waals surface area (Å²) in [5.74, 6) is 0.783. The molecule has 0 radical (unpaired) electrons. The van der Waals surface area contributed by atoms with Crippen molar-refractivity contribution in [3.63, 3.8) is 0 Å². The van der Waals surface area contributed by atoms with Gasteiger partial charge in [0.15, 0.2) is 0 Å². The summed E-state index contributed by atoms with van der Waals surface area (Å²) < 4.78 is 0.993. The smallest absolute Gasteiger partial charge is 0.0813 e. The Morgan fingerprint density at radius 1 is 1.45 bits per heavy atom. The highest BCUT2D eigenvalue weighted by molar-refractivity contribution is 9.10. The molecule has 1 N–H and O–H groups in total. The summed E-state index contributed by atoms with van der Waals surface area (Å²) in [5.41, 5.74) is 0.987. The zero-order valence-corrected chi connectivity index (χ0v) is 14.0. The maximum absolute atomic E-state index is 10.3. The Morgan fingerprint density at radius 2 is 2.20 bits per heavy atom. The van der Waals surface area contributed by atoms with Gasteiger partial charge < -0.3 is 14.9 Å². The fourth-order valence-electron chi connectivity index (χ4n) is 2.95. The highest BCUT2D eigenvalue weighted by Crippen LogP contribution is 2.25. The summed E-state index contributed by atoms with van der Waals surface area (Å²) >= 11 is 3.50. The summed E-state index contributed by atoms with van der Waals surface area (Å²) in [7, 11) is 4.35. The quantitative estimate of drug-likeness (QED) is 0.862. The van der Waals surface area contributed by atoms with Crippen LogP contribution in [-0.4, -0.2) is 55.2 Å². The van der Waals surface area contributed by atoms with Crippen LogP contribution in [0.15, 0.2) is 28.7 Å². The van der Waals surface area contributed by atoms with Crippen LogP contribution in [0.4, 0.5) is 0 Å². The zero-order valence-electron chi connectivity index (χ0n) is 12.4. The van der Waals surface area contributed by atoms with Crippen molar-refractivity contribution in [3.8, 4) is 0 Å². The second kappa shape index (κ2) is 7.55. The molecule has 2 unspecified atom stereocenters. The van der Waals surface area contributed by atoms with Gasteiger partial charge in [-0.3, -0.25) is 0 Å². The van der Waals surface area contributed by atoms with Gasteiger partial charge in [0.25, 0.3) is 0 Å². The van der Waals surface area contributed by atoms with Gasteiger partial charge in [0, 0.05) is 24.1 Å². The predicted octanol–water partition coefficient (Wildman–Crippen LogP) is 2.76. The first-order valence-electron chi connectivity index (χ1n) is 7.36. The number of aliphatic hydroxyl groups is 1. The summed E-state index contributed by atoms with van der Waals surface area (Å²) in [6, 6.07) is 7.92. The van der Waals surface area contributed by atoms with E-state index in [0.717, 1.165) is 35.5 Å². The van der Waals surface area contributed by atoms with Gasteiger partial charge >= 0.3 is 0 Å². The van der Waals surface area contributed by atoms with Crippen molar-refractivity contribution in [2.45, 2.75) is 18.9 Å². The summed E-state index contributed by atoms with van der Waals surface area (Å²) in [6.45, 7) is 4.49. The average Bonchev–Trinajstić information content (AvgIpc) is 2.82. The number of likely N-dealkylation sites (tertiary alicyclic amines) is 1. The SMILES string of the molecule is CN1CCC(CN(C)CCC(O)c2ccccc2Br)C1. The van der Waals surface area contributed by atoms with Crippen molar-refractivity contribution < 1.29 is 5.11 Å². The normalized spacial score (nSPS) is 21.6. The first-order valence-corrected chi connectivity index (χ1v) is 8.15. The van der Waals surface area contributed by atoms with Crippen molar-refractivity contribution in [3.05, 3.63) is 34.3 Å². The Kier molecular flexibility index (Phi) is 6.02. The lowest BCUT2D eigenvalue weighted by molar-refractivity contribution is 0.144. The van der Waals surface area contributed by atoms with E-state index < -0.39 is 0 Å². The Balaban J connectivity index is 1.75. The fraction of sp³-hybridized carbons (Fsp3) is 0.625. The van der Waals surface area contributed by atoms with Crippen molar-refractivity contribution in [1.29, 1.82) is 0 Å². The topological polar surface area (TPSA) is 26.7 Å². The summed E-state index contributed by atoms with van der Waals surface area (Å²) in [4.78, 5) is 4.75. The largest absolute Gasteiger partial charge is 0.388 e. The first kappa shape index (κ1) is 16.0. The van der Waals surface area contributed by atoms with Gasteiger partial charge in [0.2, 0.25) is 0 Å². The molecule has 2 rings (SSSR count). The Bertz CT molecular complexity index is 427. The van der Waals surface area contributed by atoms with E-state index in [0.29, 0.717) is 0 Å². The van der Waals surface area contributed by atoms with E-state index in [9.17, 15) is 5.11 Å². The molecule has 0 saturated carbocycles. The van der Waals surface area contributed by atoms with Gasteiger partial charge in [0.05, 0.1) is 6.10 Å². The number of hydrogen-bond acceptors (Lipinski definition) is 3. The molecule has 3 nitrogen and oxygen atoms in total. The van der Waals surface area contributed by atoms with Gasteiger partial charge in [-0.25, -0.2) is 0 Å². The summed E-state index contributed by atoms with van der Waals surface area (Å²) in [5, 5.41) is 10.3. The van der Waals surface area contributed by atoms with E-state index >= 15 is 0 Å². The van der Waals surface area contributed by atoms with Crippen LogP contribution in [0.3, 0.4) is 0 Å². The van der Waals surface area contributed by atoms with Gasteiger partial charge in [0.1, 0.15) is 0 Å². The van der Waals surface area contributed by atoms with Crippen LogP contribution in [0, 0.1) is 5.92 Å². The lowest BCUT2D eigenvalue weighted by Crippen LogP contribution is -2.29. The van der Waals surface area contributed by atoms with E-state index in [4.69, 9.17) is 0 Å². The second-order valence-corrected chi connectivity index (χ2v) is 6.86. The molecule has 1 heterocycles. The van der Waals surface area contributed by atoms with E-state index in [1.165, 1.54) is 19.5 Å². The van der Waals surface area contributed by atoms with Crippen molar-refractivity contribution in [2.75, 3.05) is 40.3 Å². The molecule has 0 amide bonds. The number of rotatable bonds is 6. The molecule has 1 saturated heterocycles. The van der Waals surface area contributed by atoms with Gasteiger partial charge in [-0.2, -0.15) is 0 Å². The molecule has 0 bridgehead atoms. The molecule has 1 fully saturated rings. The molecule has 1 aliphatic heterocycles. The third kappa shape index (κ3) is 4.55. The Hall–Kier alpha value is -0.420. The maximum atomic E-state index is 10.3. The van der Waals surface area contributed by atoms with E-state index in [1.807, 2.05) is 24.3 Å². The molecule has 20 heavy (non-hydrogen) atoms. The highest BCUT2D eigenvalue weighted by atomic mass is 79.9. The van der Waals surface area contributed by atoms with E-state index in [2.05, 4.69) is 39.8 Å². The van der Waals surface area contributed by atoms with Gasteiger partial charge in [-0.05, 0) is 51.0 Å². The molecular formula is C16H25BrN2O. The van der Waals surface area contributed by atoms with Crippen LogP contribution in [0.1, 0.15) is 24.5 Å². The van der Waals surface area contributed by atoms with Crippen molar-refractivity contribution in [2.24, 2.45) is 5.92 Å². The molecule has 112 valence electrons. The standard InChI is InChI=1S/C16H25BrN2O/c1-18-9-7-13(11-18)12-19(2)10-8-16(20)14-5-3-4-6-15(14)17/h3-6,13,16,20H,7-12H2,1-2H3. The van der Waals surface area contributed by atoms with Crippen molar-refractivity contribution >= 4 is 15.9 Å². The molecule has 0 aliphatic carbocycles. The predicted molar refractivity (Wildman–Crippen MR) is 86.8 cm³/mol. The molecule has 0 spiro atoms. The lowest BCUT2D eigenvalue weighted by atomic mass is 10.1. The average molecular weight is 341 g/mol. The second-order valence-electron chi connectivity index (χ2n) is 6.01. The molecule has 4 heteroatoms. The van der Waals surface area contributed by atoms with Crippen LogP contribution in [0.25, 0.3) is 0 Å². The number of benzene rings is 1. The van der Waals surface area contributed by atoms with E-state index in [-0.39, 0.29) is 6.10 Å². The first-order chi connectivity index (χ1) is 9.56. The van der Waals surface area contributed by atoms with Crippen LogP contribution >= 0.6 is 15.9 Å². The number of aliphatic hydroxyl groups excluding tert-OH is 1. The monoisotopic (exact) mass is 340 g/mol. The van der Waals surface area contributed by atoms with Crippen molar-refractivity contribution in [1.82, 2.24) is 9.80 Å². The number of halogens is 1. The summed E-state index contributed by atoms with van der Waals surface area (Å²) in [6.07, 6.45) is 1.69. The highest BCUT2D eigenvalue weighted by Gasteiger charge is 2.21. The van der Waals surface area contributed by atoms with Gasteiger partial charge in [-0.15, -0.1) is 0 Å². The number of nitrogens with zero attached hydrogens (tertiary/aromatic N) is 2. The van der Waals surface area contributed by atoms with Crippen LogP contribution in [0.2, 0.25) is 0 Å². The van der Waals surface area contributed by atoms with Crippen LogP contribution in [-0.2, 0) is 0 Å². The molecule has 2 atom stereocenters. The zero-order chi connectivity index (χ0) is 14.5. The maximum Gasteiger partial charge on any atom is 0.0813 e. The third-order valence-corrected chi connectivity index (χ3v) is 4.83. The third-order valence-electron chi connectivity index (χ3n) is 4.11. The lowest BCUT2D eigenvalue weighted by Gasteiger charge is -2.22. The fourth-order valence-corrected chi connectivity index (χ4v) is 3.50. The Labute approximate surface area is 130 Å².